The largest absolute Gasteiger partial charge is 0.486 e. The second-order valence-corrected chi connectivity index (χ2v) is 13.1. The maximum absolute atomic E-state index is 12.7. The Bertz CT molecular complexity index is 1960. The molecule has 7 rings (SSSR count). The van der Waals surface area contributed by atoms with E-state index in [4.69, 9.17) is 23.7 Å². The van der Waals surface area contributed by atoms with E-state index in [2.05, 4.69) is 10.2 Å². The molecule has 13 heteroatoms. The fourth-order valence-corrected chi connectivity index (χ4v) is 6.28. The molecule has 0 aliphatic carbocycles. The van der Waals surface area contributed by atoms with Crippen LogP contribution in [0.2, 0.25) is 0 Å². The molecule has 0 unspecified atom stereocenters. The fourth-order valence-electron chi connectivity index (χ4n) is 6.28. The monoisotopic (exact) mass is 674 g/mol. The number of carbonyl (C=O) groups is 2. The van der Waals surface area contributed by atoms with Crippen molar-refractivity contribution in [1.82, 2.24) is 19.4 Å². The Balaban J connectivity index is 0.000000195. The number of fused-ring (bicyclic) bond motifs is 6. The van der Waals surface area contributed by atoms with Crippen molar-refractivity contribution < 1.29 is 33.3 Å². The number of alkyl carbamates (subject to hydrolysis) is 1. The number of piperidine rings is 1. The molecule has 0 atom stereocenters. The van der Waals surface area contributed by atoms with Gasteiger partial charge in [-0.25, -0.2) is 4.79 Å². The van der Waals surface area contributed by atoms with Crippen LogP contribution in [0, 0.1) is 0 Å². The van der Waals surface area contributed by atoms with E-state index in [9.17, 15) is 19.2 Å². The molecule has 2 aromatic heterocycles. The molecule has 1 amide bonds. The molecule has 0 bridgehead atoms. The quantitative estimate of drug-likeness (QED) is 0.301. The molecular weight excluding hydrogens is 632 g/mol. The Labute approximate surface area is 283 Å². The van der Waals surface area contributed by atoms with Crippen molar-refractivity contribution in [3.05, 3.63) is 69.2 Å². The molecule has 2 aromatic carbocycles. The second kappa shape index (κ2) is 14.6. The zero-order valence-corrected chi connectivity index (χ0v) is 28.1. The van der Waals surface area contributed by atoms with Gasteiger partial charge in [-0.2, -0.15) is 0 Å². The third-order valence-corrected chi connectivity index (χ3v) is 8.52. The second-order valence-electron chi connectivity index (χ2n) is 13.1. The predicted octanol–water partition coefficient (Wildman–Crippen LogP) is 3.73. The van der Waals surface area contributed by atoms with Crippen LogP contribution in [0.3, 0.4) is 0 Å². The van der Waals surface area contributed by atoms with Gasteiger partial charge in [0.2, 0.25) is 0 Å². The van der Waals surface area contributed by atoms with Gasteiger partial charge in [0.05, 0.1) is 17.6 Å². The third-order valence-electron chi connectivity index (χ3n) is 8.52. The lowest BCUT2D eigenvalue weighted by Crippen LogP contribution is -2.46. The van der Waals surface area contributed by atoms with Crippen molar-refractivity contribution >= 4 is 34.2 Å². The van der Waals surface area contributed by atoms with E-state index < -0.39 is 5.60 Å². The molecular formula is C36H42N4O9. The number of ether oxygens (including phenoxy) is 5. The molecule has 5 heterocycles. The summed E-state index contributed by atoms with van der Waals surface area (Å²) in [7, 11) is 0. The number of hydrogen-bond donors (Lipinski definition) is 1. The molecule has 260 valence electrons. The van der Waals surface area contributed by atoms with Crippen LogP contribution in [-0.2, 0) is 22.6 Å². The smallest absolute Gasteiger partial charge is 0.407 e. The highest BCUT2D eigenvalue weighted by atomic mass is 16.6. The van der Waals surface area contributed by atoms with Crippen molar-refractivity contribution in [2.24, 2.45) is 0 Å². The maximum atomic E-state index is 12.7. The van der Waals surface area contributed by atoms with Crippen LogP contribution in [0.4, 0.5) is 4.79 Å². The van der Waals surface area contributed by atoms with E-state index in [1.165, 1.54) is 10.6 Å². The summed E-state index contributed by atoms with van der Waals surface area (Å²) in [5, 5.41) is 4.77. The number of rotatable bonds is 6. The molecule has 49 heavy (non-hydrogen) atoms. The Hall–Kier alpha value is -5.04. The topological polar surface area (TPSA) is 140 Å². The highest BCUT2D eigenvalue weighted by Gasteiger charge is 2.25. The summed E-state index contributed by atoms with van der Waals surface area (Å²) in [6.45, 7) is 10.6. The standard InChI is InChI=1S/C23H31N3O5.C13H11NO4/c1-23(2,3)31-22(28)24-17-8-10-25(11-9-17)12-13-26-19(27)7-5-16-4-6-18-21(20(16)26)30-15-14-29-18;15-6-5-14-11(16)4-2-9-1-3-10-13(12(9)14)18-8-7-17-10/h4-7,17H,8-15H2,1-3H3,(H,24,28);1-4,6H,5,7-8H2. The number of carbonyl (C=O) groups excluding carboxylic acids is 2. The van der Waals surface area contributed by atoms with E-state index >= 15 is 0 Å². The Kier molecular flexibility index (Phi) is 10.1. The number of nitrogens with one attached hydrogen (secondary N) is 1. The van der Waals surface area contributed by atoms with Crippen molar-refractivity contribution in [3.63, 3.8) is 0 Å². The number of benzene rings is 2. The van der Waals surface area contributed by atoms with Crippen molar-refractivity contribution in [1.29, 1.82) is 0 Å². The van der Waals surface area contributed by atoms with Gasteiger partial charge >= 0.3 is 6.09 Å². The minimum Gasteiger partial charge on any atom is -0.486 e. The van der Waals surface area contributed by atoms with Crippen molar-refractivity contribution in [3.8, 4) is 23.0 Å². The Morgan fingerprint density at radius 3 is 1.84 bits per heavy atom. The summed E-state index contributed by atoms with van der Waals surface area (Å²) < 4.78 is 31.1. The highest BCUT2D eigenvalue weighted by Crippen LogP contribution is 2.38. The first-order valence-corrected chi connectivity index (χ1v) is 16.6. The average molecular weight is 675 g/mol. The lowest BCUT2D eigenvalue weighted by Gasteiger charge is -2.33. The van der Waals surface area contributed by atoms with Crippen molar-refractivity contribution in [2.45, 2.75) is 58.3 Å². The number of aromatic nitrogens is 2. The normalized spacial score (nSPS) is 16.1. The van der Waals surface area contributed by atoms with E-state index in [0.717, 1.165) is 48.8 Å². The predicted molar refractivity (Wildman–Crippen MR) is 183 cm³/mol. The van der Waals surface area contributed by atoms with E-state index in [-0.39, 0.29) is 29.8 Å². The maximum Gasteiger partial charge on any atom is 0.407 e. The minimum atomic E-state index is -0.496. The molecule has 13 nitrogen and oxygen atoms in total. The third kappa shape index (κ3) is 7.83. The summed E-state index contributed by atoms with van der Waals surface area (Å²) >= 11 is 0. The van der Waals surface area contributed by atoms with Gasteiger partial charge in [0, 0.05) is 55.1 Å². The summed E-state index contributed by atoms with van der Waals surface area (Å²) in [6, 6.07) is 14.2. The van der Waals surface area contributed by atoms with E-state index in [0.29, 0.717) is 67.8 Å². The first-order valence-electron chi connectivity index (χ1n) is 16.6. The van der Waals surface area contributed by atoms with Gasteiger partial charge in [-0.15, -0.1) is 0 Å². The number of hydrogen-bond acceptors (Lipinski definition) is 10. The molecule has 1 N–H and O–H groups in total. The van der Waals surface area contributed by atoms with Crippen LogP contribution in [0.1, 0.15) is 33.6 Å². The fraction of sp³-hybridized carbons (Fsp3) is 0.444. The highest BCUT2D eigenvalue weighted by molar-refractivity contribution is 5.89. The van der Waals surface area contributed by atoms with Gasteiger partial charge in [0.25, 0.3) is 11.1 Å². The molecule has 0 saturated carbocycles. The average Bonchev–Trinajstić information content (AvgIpc) is 3.09. The molecule has 3 aliphatic heterocycles. The summed E-state index contributed by atoms with van der Waals surface area (Å²) in [5.74, 6) is 2.49. The van der Waals surface area contributed by atoms with Crippen molar-refractivity contribution in [2.75, 3.05) is 46.1 Å². The molecule has 1 saturated heterocycles. The van der Waals surface area contributed by atoms with Gasteiger partial charge in [0.15, 0.2) is 23.0 Å². The molecule has 3 aliphatic rings. The van der Waals surface area contributed by atoms with Crippen LogP contribution >= 0.6 is 0 Å². The SMILES string of the molecule is CC(C)(C)OC(=O)NC1CCN(CCn2c(=O)ccc3ccc4c(c32)OCCO4)CC1.O=CCn1c(=O)ccc2ccc3c(c21)OCCO3. The zero-order chi connectivity index (χ0) is 34.5. The van der Waals surface area contributed by atoms with E-state index in [1.54, 1.807) is 16.7 Å². The van der Waals surface area contributed by atoms with Crippen LogP contribution in [0.5, 0.6) is 23.0 Å². The summed E-state index contributed by atoms with van der Waals surface area (Å²) in [5.41, 5.74) is 0.650. The number of pyridine rings is 2. The van der Waals surface area contributed by atoms with Crippen LogP contribution in [-0.4, -0.2) is 84.1 Å². The Morgan fingerprint density at radius 2 is 1.29 bits per heavy atom. The van der Waals surface area contributed by atoms with Gasteiger partial charge < -0.3 is 43.3 Å². The summed E-state index contributed by atoms with van der Waals surface area (Å²) in [6.07, 6.45) is 2.05. The minimum absolute atomic E-state index is 0.00991. The number of amides is 1. The molecule has 1 fully saturated rings. The van der Waals surface area contributed by atoms with Crippen LogP contribution in [0.25, 0.3) is 21.8 Å². The summed E-state index contributed by atoms with van der Waals surface area (Å²) in [4.78, 5) is 49.5. The number of nitrogens with zero attached hydrogens (tertiary/aromatic N) is 3. The zero-order valence-electron chi connectivity index (χ0n) is 28.1. The van der Waals surface area contributed by atoms with Gasteiger partial charge in [-0.05, 0) is 70.0 Å². The van der Waals surface area contributed by atoms with Gasteiger partial charge in [-0.1, -0.05) is 0 Å². The van der Waals surface area contributed by atoms with E-state index in [1.807, 2.05) is 51.1 Å². The molecule has 4 aromatic rings. The lowest BCUT2D eigenvalue weighted by atomic mass is 10.1. The first-order chi connectivity index (χ1) is 23.6. The van der Waals surface area contributed by atoms with Gasteiger partial charge in [0.1, 0.15) is 38.3 Å². The van der Waals surface area contributed by atoms with Crippen LogP contribution in [0.15, 0.2) is 58.1 Å². The molecule has 0 radical (unpaired) electrons. The number of aldehydes is 1. The lowest BCUT2D eigenvalue weighted by molar-refractivity contribution is -0.108. The molecule has 0 spiro atoms. The number of likely N-dealkylation sites (tertiary alicyclic amines) is 1. The van der Waals surface area contributed by atoms with Crippen LogP contribution < -0.4 is 35.4 Å². The Morgan fingerprint density at radius 1 is 0.776 bits per heavy atom. The van der Waals surface area contributed by atoms with Gasteiger partial charge in [-0.3, -0.25) is 14.2 Å². The first kappa shape index (κ1) is 33.8.